The Bertz CT molecular complexity index is 762. The summed E-state index contributed by atoms with van der Waals surface area (Å²) < 4.78 is 12.4. The van der Waals surface area contributed by atoms with Gasteiger partial charge in [-0.2, -0.15) is 0 Å². The van der Waals surface area contributed by atoms with Crippen LogP contribution in [0.2, 0.25) is 0 Å². The van der Waals surface area contributed by atoms with Crippen LogP contribution in [0.4, 0.5) is 0 Å². The molecule has 0 aliphatic heterocycles. The molecule has 0 radical (unpaired) electrons. The molecular formula is C27H38O2P+. The number of carbonyl (C=O) groups is 1. The zero-order valence-corrected chi connectivity index (χ0v) is 19.8. The molecule has 0 saturated carbocycles. The van der Waals surface area contributed by atoms with E-state index < -0.39 is 7.80 Å². The predicted octanol–water partition coefficient (Wildman–Crippen LogP) is 8.41. The molecule has 2 rings (SSSR count). The van der Waals surface area contributed by atoms with Gasteiger partial charge in [0.05, 0.1) is 5.56 Å². The van der Waals surface area contributed by atoms with E-state index in [4.69, 9.17) is 0 Å². The Morgan fingerprint density at radius 2 is 1.17 bits per heavy atom. The van der Waals surface area contributed by atoms with Crippen molar-refractivity contribution in [3.8, 4) is 0 Å². The summed E-state index contributed by atoms with van der Waals surface area (Å²) in [4.78, 5) is 12.5. The van der Waals surface area contributed by atoms with Gasteiger partial charge in [-0.1, -0.05) is 98.0 Å². The largest absolute Gasteiger partial charge is 0.420 e. The summed E-state index contributed by atoms with van der Waals surface area (Å²) in [5.41, 5.74) is 3.83. The van der Waals surface area contributed by atoms with Gasteiger partial charge in [-0.25, -0.2) is 4.79 Å². The number of rotatable bonds is 15. The Balaban J connectivity index is 1.44. The Labute approximate surface area is 184 Å². The topological polar surface area (TPSA) is 34.1 Å². The van der Waals surface area contributed by atoms with Crippen molar-refractivity contribution in [1.29, 1.82) is 0 Å². The van der Waals surface area contributed by atoms with E-state index >= 15 is 0 Å². The Kier molecular flexibility index (Phi) is 11.6. The lowest BCUT2D eigenvalue weighted by Gasteiger charge is -2.03. The van der Waals surface area contributed by atoms with Crippen molar-refractivity contribution in [2.45, 2.75) is 84.5 Å². The zero-order chi connectivity index (χ0) is 21.6. The van der Waals surface area contributed by atoms with Gasteiger partial charge in [-0.15, -0.1) is 0 Å². The van der Waals surface area contributed by atoms with Gasteiger partial charge in [0.25, 0.3) is 0 Å². The monoisotopic (exact) mass is 425 g/mol. The van der Waals surface area contributed by atoms with E-state index in [0.717, 1.165) is 24.0 Å². The maximum absolute atomic E-state index is 12.5. The molecule has 2 aromatic rings. The quantitative estimate of drug-likeness (QED) is 0.212. The van der Waals surface area contributed by atoms with Crippen LogP contribution in [-0.4, -0.2) is 11.7 Å². The van der Waals surface area contributed by atoms with Crippen LogP contribution in [0.1, 0.15) is 91.3 Å². The summed E-state index contributed by atoms with van der Waals surface area (Å²) >= 11 is 0. The molecule has 2 aromatic carbocycles. The number of hydrogen-bond donors (Lipinski definition) is 0. The number of unbranched alkanes of at least 4 members (excludes halogenated alkanes) is 9. The maximum atomic E-state index is 12.5. The molecule has 0 aromatic heterocycles. The first-order valence-electron chi connectivity index (χ1n) is 11.7. The lowest BCUT2D eigenvalue weighted by Crippen LogP contribution is -2.01. The minimum absolute atomic E-state index is 0.159. The van der Waals surface area contributed by atoms with Crippen LogP contribution in [0.15, 0.2) is 48.5 Å². The first-order valence-corrected chi connectivity index (χ1v) is 13.1. The molecule has 2 nitrogen and oxygen atoms in total. The van der Waals surface area contributed by atoms with E-state index in [1.54, 1.807) is 0 Å². The molecule has 30 heavy (non-hydrogen) atoms. The van der Waals surface area contributed by atoms with Crippen molar-refractivity contribution in [1.82, 2.24) is 0 Å². The highest BCUT2D eigenvalue weighted by Gasteiger charge is 2.31. The second-order valence-corrected chi connectivity index (χ2v) is 10.1. The second kappa shape index (κ2) is 14.3. The number of carbonyl (C=O) groups excluding carboxylic acids is 1. The molecule has 1 unspecified atom stereocenters. The van der Waals surface area contributed by atoms with Gasteiger partial charge >= 0.3 is 13.3 Å². The van der Waals surface area contributed by atoms with Gasteiger partial charge in [-0.05, 0) is 56.2 Å². The molecular weight excluding hydrogens is 387 g/mol. The summed E-state index contributed by atoms with van der Waals surface area (Å²) in [6.45, 7) is 3.85. The highest BCUT2D eigenvalue weighted by atomic mass is 31.1. The highest BCUT2D eigenvalue weighted by molar-refractivity contribution is 7.64. The smallest absolute Gasteiger partial charge is 0.234 e. The fraction of sp³-hybridized carbons (Fsp3) is 0.519. The summed E-state index contributed by atoms with van der Waals surface area (Å²) in [5, 5.41) is 0. The molecule has 1 atom stereocenters. The second-order valence-electron chi connectivity index (χ2n) is 8.45. The van der Waals surface area contributed by atoms with E-state index in [1.165, 1.54) is 63.4 Å². The van der Waals surface area contributed by atoms with Gasteiger partial charge in [0, 0.05) is 0 Å². The highest BCUT2D eigenvalue weighted by Crippen LogP contribution is 2.31. The van der Waals surface area contributed by atoms with Crippen molar-refractivity contribution in [3.63, 3.8) is 0 Å². The third-order valence-electron chi connectivity index (χ3n) is 5.84. The average Bonchev–Trinajstić information content (AvgIpc) is 2.74. The lowest BCUT2D eigenvalue weighted by atomic mass is 10.0. The molecule has 0 spiro atoms. The van der Waals surface area contributed by atoms with Crippen molar-refractivity contribution in [2.24, 2.45) is 0 Å². The van der Waals surface area contributed by atoms with Gasteiger partial charge in [0.15, 0.2) is 6.16 Å². The number of aryl methyl sites for hydroxylation is 3. The molecule has 0 bridgehead atoms. The third kappa shape index (κ3) is 8.92. The van der Waals surface area contributed by atoms with Gasteiger partial charge in [-0.3, -0.25) is 0 Å². The lowest BCUT2D eigenvalue weighted by molar-refractivity contribution is 0.107. The van der Waals surface area contributed by atoms with Crippen molar-refractivity contribution in [3.05, 3.63) is 70.8 Å². The Hall–Kier alpha value is -1.79. The normalized spacial score (nSPS) is 11.5. The first-order chi connectivity index (χ1) is 14.6. The van der Waals surface area contributed by atoms with Crippen LogP contribution in [-0.2, 0) is 11.0 Å². The number of benzene rings is 2. The van der Waals surface area contributed by atoms with Crippen LogP contribution in [0, 0.1) is 13.8 Å². The zero-order valence-electron chi connectivity index (χ0n) is 18.9. The van der Waals surface area contributed by atoms with Crippen molar-refractivity contribution in [2.75, 3.05) is 6.16 Å². The molecule has 0 saturated heterocycles. The molecule has 0 aliphatic rings. The number of hydrogen-bond acceptors (Lipinski definition) is 2. The van der Waals surface area contributed by atoms with E-state index in [0.29, 0.717) is 11.7 Å². The van der Waals surface area contributed by atoms with Crippen LogP contribution in [0.5, 0.6) is 0 Å². The summed E-state index contributed by atoms with van der Waals surface area (Å²) in [7, 11) is -1.79. The van der Waals surface area contributed by atoms with Gasteiger partial charge < -0.3 is 0 Å². The molecule has 0 N–H and O–H groups in total. The van der Waals surface area contributed by atoms with E-state index in [2.05, 4.69) is 30.3 Å². The Morgan fingerprint density at radius 3 is 1.73 bits per heavy atom. The maximum Gasteiger partial charge on any atom is 0.420 e. The SMILES string of the molecule is Cc1cccc(C)c1C(=O)[P+](=O)CCCCCCCCCCCCc1ccccc1. The van der Waals surface area contributed by atoms with Crippen LogP contribution < -0.4 is 0 Å². The van der Waals surface area contributed by atoms with Crippen LogP contribution in [0.25, 0.3) is 0 Å². The van der Waals surface area contributed by atoms with Crippen molar-refractivity contribution < 1.29 is 9.36 Å². The summed E-state index contributed by atoms with van der Waals surface area (Å²) in [6.07, 6.45) is 14.1. The van der Waals surface area contributed by atoms with Crippen molar-refractivity contribution >= 4 is 13.3 Å². The van der Waals surface area contributed by atoms with E-state index in [-0.39, 0.29) is 5.52 Å². The molecule has 162 valence electrons. The third-order valence-corrected chi connectivity index (χ3v) is 7.24. The van der Waals surface area contributed by atoms with Gasteiger partial charge in [0.1, 0.15) is 0 Å². The Morgan fingerprint density at radius 1 is 0.667 bits per heavy atom. The molecule has 3 heteroatoms. The molecule has 0 fully saturated rings. The molecule has 0 aliphatic carbocycles. The van der Waals surface area contributed by atoms with E-state index in [9.17, 15) is 9.36 Å². The standard InChI is InChI=1S/C27H38O2P/c1-23-17-16-18-24(2)26(23)27(28)30(29)22-15-10-8-6-4-3-5-7-9-12-19-25-20-13-11-14-21-25/h11,13-14,16-18,20-21H,3-10,12,15,19,22H2,1-2H3/q+1. The van der Waals surface area contributed by atoms with Crippen LogP contribution >= 0.6 is 7.80 Å². The summed E-state index contributed by atoms with van der Waals surface area (Å²) in [5.74, 6) is 0. The van der Waals surface area contributed by atoms with Crippen LogP contribution in [0.3, 0.4) is 0 Å². The molecule has 0 amide bonds. The van der Waals surface area contributed by atoms with Gasteiger partial charge in [0.2, 0.25) is 0 Å². The predicted molar refractivity (Wildman–Crippen MR) is 129 cm³/mol. The first kappa shape index (κ1) is 24.5. The molecule has 0 heterocycles. The fourth-order valence-corrected chi connectivity index (χ4v) is 5.34. The summed E-state index contributed by atoms with van der Waals surface area (Å²) in [6, 6.07) is 16.5. The van der Waals surface area contributed by atoms with E-state index in [1.807, 2.05) is 32.0 Å². The minimum Gasteiger partial charge on any atom is -0.234 e. The fourth-order valence-electron chi connectivity index (χ4n) is 4.02. The minimum atomic E-state index is -1.79. The average molecular weight is 426 g/mol.